The van der Waals surface area contributed by atoms with Gasteiger partial charge >= 0.3 is 0 Å². The first-order valence-corrected chi connectivity index (χ1v) is 4.92. The fraction of sp³-hybridized carbons (Fsp3) is 0.300. The third kappa shape index (κ3) is 1.68. The number of nitrogens with zero attached hydrogens (tertiary/aromatic N) is 2. The standard InChI is InChI=1S/C10H13N5O/c1-7-3-2-4-10(5-7,14-11)9(16)8-6-12-15-13-8/h2-4,6,14H,5,11H2,1H3,(H,12,13,15). The number of carbonyl (C=O) groups excluding carboxylic acids is 1. The van der Waals surface area contributed by atoms with Gasteiger partial charge in [0.2, 0.25) is 5.78 Å². The molecule has 0 bridgehead atoms. The van der Waals surface area contributed by atoms with Crippen LogP contribution in [-0.2, 0) is 0 Å². The number of aromatic amines is 1. The van der Waals surface area contributed by atoms with Gasteiger partial charge < -0.3 is 0 Å². The summed E-state index contributed by atoms with van der Waals surface area (Å²) in [6.45, 7) is 1.95. The molecular weight excluding hydrogens is 206 g/mol. The molecule has 2 rings (SSSR count). The van der Waals surface area contributed by atoms with Gasteiger partial charge in [-0.3, -0.25) is 15.7 Å². The van der Waals surface area contributed by atoms with Crippen molar-refractivity contribution in [2.24, 2.45) is 5.84 Å². The van der Waals surface area contributed by atoms with Crippen LogP contribution >= 0.6 is 0 Å². The summed E-state index contributed by atoms with van der Waals surface area (Å²) < 4.78 is 0. The minimum atomic E-state index is -0.907. The first kappa shape index (κ1) is 10.7. The number of Topliss-reactive ketones (excluding diaryl/α,β-unsaturated/α-hetero) is 1. The Labute approximate surface area is 92.6 Å². The number of hydrogen-bond donors (Lipinski definition) is 3. The van der Waals surface area contributed by atoms with Crippen LogP contribution in [-0.4, -0.2) is 26.7 Å². The van der Waals surface area contributed by atoms with Crippen molar-refractivity contribution in [3.63, 3.8) is 0 Å². The quantitative estimate of drug-likeness (QED) is 0.380. The van der Waals surface area contributed by atoms with E-state index in [9.17, 15) is 4.79 Å². The highest BCUT2D eigenvalue weighted by Crippen LogP contribution is 2.25. The maximum absolute atomic E-state index is 12.2. The molecule has 1 unspecified atom stereocenters. The third-order valence-electron chi connectivity index (χ3n) is 2.63. The number of hydrogen-bond acceptors (Lipinski definition) is 5. The van der Waals surface area contributed by atoms with E-state index in [1.807, 2.05) is 19.1 Å². The fourth-order valence-corrected chi connectivity index (χ4v) is 1.80. The van der Waals surface area contributed by atoms with Crippen LogP contribution in [0, 0.1) is 0 Å². The van der Waals surface area contributed by atoms with Gasteiger partial charge in [-0.05, 0) is 13.3 Å². The average Bonchev–Trinajstić information content (AvgIpc) is 2.81. The molecular formula is C10H13N5O. The van der Waals surface area contributed by atoms with Crippen LogP contribution in [0.5, 0.6) is 0 Å². The molecule has 1 atom stereocenters. The van der Waals surface area contributed by atoms with Gasteiger partial charge in [-0.15, -0.1) is 5.10 Å². The average molecular weight is 219 g/mol. The van der Waals surface area contributed by atoms with E-state index in [0.717, 1.165) is 5.57 Å². The lowest BCUT2D eigenvalue weighted by Gasteiger charge is -2.29. The normalized spacial score (nSPS) is 24.2. The summed E-state index contributed by atoms with van der Waals surface area (Å²) in [5.41, 5.74) is 3.03. The third-order valence-corrected chi connectivity index (χ3v) is 2.63. The van der Waals surface area contributed by atoms with Crippen molar-refractivity contribution in [1.29, 1.82) is 0 Å². The first-order valence-electron chi connectivity index (χ1n) is 4.92. The predicted octanol–water partition coefficient (Wildman–Crippen LogP) is 0.0957. The maximum Gasteiger partial charge on any atom is 0.210 e. The summed E-state index contributed by atoms with van der Waals surface area (Å²) in [5.74, 6) is 5.31. The Balaban J connectivity index is 2.33. The van der Waals surface area contributed by atoms with Crippen molar-refractivity contribution in [2.75, 3.05) is 0 Å². The molecule has 4 N–H and O–H groups in total. The Morgan fingerprint density at radius 3 is 3.06 bits per heavy atom. The molecule has 1 aromatic heterocycles. The Morgan fingerprint density at radius 2 is 2.50 bits per heavy atom. The van der Waals surface area contributed by atoms with E-state index in [0.29, 0.717) is 6.42 Å². The van der Waals surface area contributed by atoms with Crippen LogP contribution in [0.25, 0.3) is 0 Å². The van der Waals surface area contributed by atoms with Gasteiger partial charge in [0.25, 0.3) is 0 Å². The number of ketones is 1. The Morgan fingerprint density at radius 1 is 1.69 bits per heavy atom. The number of nitrogens with one attached hydrogen (secondary N) is 2. The predicted molar refractivity (Wildman–Crippen MR) is 58.3 cm³/mol. The van der Waals surface area contributed by atoms with Gasteiger partial charge in [0.1, 0.15) is 5.54 Å². The molecule has 1 aliphatic carbocycles. The number of carbonyl (C=O) groups is 1. The van der Waals surface area contributed by atoms with Crippen LogP contribution in [0.3, 0.4) is 0 Å². The number of nitrogens with two attached hydrogens (primary N) is 1. The van der Waals surface area contributed by atoms with Crippen molar-refractivity contribution >= 4 is 5.78 Å². The molecule has 0 radical (unpaired) electrons. The largest absolute Gasteiger partial charge is 0.290 e. The van der Waals surface area contributed by atoms with Gasteiger partial charge in [0.15, 0.2) is 5.69 Å². The highest BCUT2D eigenvalue weighted by molar-refractivity contribution is 6.03. The van der Waals surface area contributed by atoms with Crippen LogP contribution in [0.1, 0.15) is 23.8 Å². The van der Waals surface area contributed by atoms with Gasteiger partial charge in [0.05, 0.1) is 6.20 Å². The maximum atomic E-state index is 12.2. The second kappa shape index (κ2) is 3.99. The molecule has 0 fully saturated rings. The lowest BCUT2D eigenvalue weighted by Crippen LogP contribution is -2.54. The lowest BCUT2D eigenvalue weighted by atomic mass is 9.83. The number of rotatable bonds is 3. The summed E-state index contributed by atoms with van der Waals surface area (Å²) in [6.07, 6.45) is 7.51. The van der Waals surface area contributed by atoms with E-state index in [4.69, 9.17) is 5.84 Å². The molecule has 0 amide bonds. The second-order valence-electron chi connectivity index (χ2n) is 3.85. The van der Waals surface area contributed by atoms with E-state index in [1.165, 1.54) is 6.20 Å². The van der Waals surface area contributed by atoms with Crippen LogP contribution in [0.15, 0.2) is 30.0 Å². The SMILES string of the molecule is CC1=CC=CC(NN)(C(=O)c2c[nH]nn2)C1. The molecule has 0 spiro atoms. The second-order valence-corrected chi connectivity index (χ2v) is 3.85. The smallest absolute Gasteiger partial charge is 0.210 e. The van der Waals surface area contributed by atoms with Crippen molar-refractivity contribution in [1.82, 2.24) is 20.8 Å². The monoisotopic (exact) mass is 219 g/mol. The minimum Gasteiger partial charge on any atom is -0.290 e. The summed E-state index contributed by atoms with van der Waals surface area (Å²) in [5, 5.41) is 9.74. The zero-order valence-corrected chi connectivity index (χ0v) is 8.90. The Kier molecular flexibility index (Phi) is 2.67. The number of aromatic nitrogens is 3. The van der Waals surface area contributed by atoms with E-state index >= 15 is 0 Å². The van der Waals surface area contributed by atoms with Crippen molar-refractivity contribution in [3.8, 4) is 0 Å². The van der Waals surface area contributed by atoms with E-state index < -0.39 is 5.54 Å². The van der Waals surface area contributed by atoms with Crippen molar-refractivity contribution in [3.05, 3.63) is 35.7 Å². The molecule has 1 aliphatic rings. The molecule has 0 saturated heterocycles. The van der Waals surface area contributed by atoms with Gasteiger partial charge in [-0.25, -0.2) is 5.43 Å². The van der Waals surface area contributed by atoms with E-state index in [1.54, 1.807) is 6.08 Å². The summed E-state index contributed by atoms with van der Waals surface area (Å²) in [4.78, 5) is 12.2. The zero-order valence-electron chi connectivity index (χ0n) is 8.90. The summed E-state index contributed by atoms with van der Waals surface area (Å²) in [7, 11) is 0. The number of H-pyrrole nitrogens is 1. The molecule has 84 valence electrons. The highest BCUT2D eigenvalue weighted by atomic mass is 16.1. The van der Waals surface area contributed by atoms with Crippen molar-refractivity contribution in [2.45, 2.75) is 18.9 Å². The zero-order chi connectivity index (χ0) is 11.6. The molecule has 0 aromatic carbocycles. The van der Waals surface area contributed by atoms with Crippen LogP contribution in [0.4, 0.5) is 0 Å². The summed E-state index contributed by atoms with van der Waals surface area (Å²) >= 11 is 0. The Hall–Kier alpha value is -1.79. The van der Waals surface area contributed by atoms with Gasteiger partial charge in [-0.1, -0.05) is 29.0 Å². The number of hydrazine groups is 1. The van der Waals surface area contributed by atoms with Gasteiger partial charge in [-0.2, -0.15) is 0 Å². The topological polar surface area (TPSA) is 96.7 Å². The fourth-order valence-electron chi connectivity index (χ4n) is 1.80. The molecule has 1 heterocycles. The van der Waals surface area contributed by atoms with Crippen LogP contribution in [0.2, 0.25) is 0 Å². The molecule has 16 heavy (non-hydrogen) atoms. The molecule has 0 aliphatic heterocycles. The number of allylic oxidation sites excluding steroid dienone is 2. The van der Waals surface area contributed by atoms with Crippen LogP contribution < -0.4 is 11.3 Å². The van der Waals surface area contributed by atoms with E-state index in [2.05, 4.69) is 20.8 Å². The highest BCUT2D eigenvalue weighted by Gasteiger charge is 2.37. The minimum absolute atomic E-state index is 0.188. The molecule has 6 nitrogen and oxygen atoms in total. The van der Waals surface area contributed by atoms with Gasteiger partial charge in [0, 0.05) is 0 Å². The molecule has 0 saturated carbocycles. The first-order chi connectivity index (χ1) is 7.68. The van der Waals surface area contributed by atoms with Crippen molar-refractivity contribution < 1.29 is 4.79 Å². The van der Waals surface area contributed by atoms with E-state index in [-0.39, 0.29) is 11.5 Å². The molecule has 6 heteroatoms. The molecule has 1 aromatic rings. The lowest BCUT2D eigenvalue weighted by molar-refractivity contribution is 0.0885. The summed E-state index contributed by atoms with van der Waals surface area (Å²) in [6, 6.07) is 0. The Bertz CT molecular complexity index is 448.